The first kappa shape index (κ1) is 14.5. The van der Waals surface area contributed by atoms with Crippen molar-refractivity contribution in [3.8, 4) is 0 Å². The molecule has 0 unspecified atom stereocenters. The topological polar surface area (TPSA) is 41.6 Å². The molecule has 0 aromatic heterocycles. The van der Waals surface area contributed by atoms with E-state index < -0.39 is 0 Å². The summed E-state index contributed by atoms with van der Waals surface area (Å²) >= 11 is 0. The maximum absolute atomic E-state index is 12.6. The van der Waals surface area contributed by atoms with Crippen LogP contribution in [-0.4, -0.2) is 38.3 Å². The van der Waals surface area contributed by atoms with Crippen LogP contribution in [0, 0.1) is 0 Å². The number of anilines is 1. The van der Waals surface area contributed by atoms with Crippen molar-refractivity contribution in [3.63, 3.8) is 0 Å². The lowest BCUT2D eigenvalue weighted by molar-refractivity contribution is -0.123. The van der Waals surface area contributed by atoms with E-state index in [4.69, 9.17) is 4.74 Å². The first-order valence-electron chi connectivity index (χ1n) is 7.73. The van der Waals surface area contributed by atoms with Crippen molar-refractivity contribution < 1.29 is 9.53 Å². The largest absolute Gasteiger partial charge is 0.378 e. The summed E-state index contributed by atoms with van der Waals surface area (Å²) in [5.41, 5.74) is 3.83. The summed E-state index contributed by atoms with van der Waals surface area (Å²) in [6.45, 7) is 9.35. The molecule has 2 aliphatic heterocycles. The molecule has 1 aromatic carbocycles. The zero-order valence-electron chi connectivity index (χ0n) is 13.1. The second-order valence-electron chi connectivity index (χ2n) is 6.91. The van der Waals surface area contributed by atoms with E-state index in [-0.39, 0.29) is 17.4 Å². The molecule has 3 rings (SSSR count). The average Bonchev–Trinajstić information content (AvgIpc) is 2.89. The second-order valence-corrected chi connectivity index (χ2v) is 6.91. The molecule has 4 heteroatoms. The van der Waals surface area contributed by atoms with Crippen LogP contribution in [0.4, 0.5) is 5.69 Å². The summed E-state index contributed by atoms with van der Waals surface area (Å²) in [7, 11) is 0. The highest BCUT2D eigenvalue weighted by atomic mass is 16.5. The number of morpholine rings is 1. The minimum Gasteiger partial charge on any atom is -0.378 e. The normalized spacial score (nSPS) is 22.2. The molecule has 2 aliphatic rings. The number of carbonyl (C=O) groups is 1. The van der Waals surface area contributed by atoms with Crippen molar-refractivity contribution in [1.82, 2.24) is 5.32 Å². The average molecular weight is 288 g/mol. The van der Waals surface area contributed by atoms with E-state index in [1.54, 1.807) is 0 Å². The van der Waals surface area contributed by atoms with Gasteiger partial charge in [-0.1, -0.05) is 32.9 Å². The third kappa shape index (κ3) is 2.83. The van der Waals surface area contributed by atoms with Crippen LogP contribution in [0.2, 0.25) is 0 Å². The summed E-state index contributed by atoms with van der Waals surface area (Å²) < 4.78 is 5.40. The predicted molar refractivity (Wildman–Crippen MR) is 83.8 cm³/mol. The summed E-state index contributed by atoms with van der Waals surface area (Å²) in [6, 6.07) is 6.31. The van der Waals surface area contributed by atoms with E-state index in [2.05, 4.69) is 44.3 Å². The van der Waals surface area contributed by atoms with Crippen molar-refractivity contribution >= 4 is 11.6 Å². The Morgan fingerprint density at radius 1 is 1.38 bits per heavy atom. The third-order valence-electron chi connectivity index (χ3n) is 4.33. The molecule has 4 nitrogen and oxygen atoms in total. The van der Waals surface area contributed by atoms with Crippen LogP contribution in [0.3, 0.4) is 0 Å². The molecule has 0 saturated carbocycles. The van der Waals surface area contributed by atoms with Crippen molar-refractivity contribution in [2.24, 2.45) is 0 Å². The number of amides is 1. The molecule has 21 heavy (non-hydrogen) atoms. The number of nitrogens with one attached hydrogen (secondary N) is 1. The van der Waals surface area contributed by atoms with Gasteiger partial charge in [0.25, 0.3) is 0 Å². The molecule has 0 aliphatic carbocycles. The van der Waals surface area contributed by atoms with Gasteiger partial charge in [0.15, 0.2) is 0 Å². The highest BCUT2D eigenvalue weighted by molar-refractivity contribution is 5.99. The second kappa shape index (κ2) is 5.43. The number of nitrogens with zero attached hydrogens (tertiary/aromatic N) is 1. The van der Waals surface area contributed by atoms with Crippen LogP contribution in [0.1, 0.15) is 31.9 Å². The van der Waals surface area contributed by atoms with E-state index in [1.165, 1.54) is 11.1 Å². The smallest absolute Gasteiger partial charge is 0.246 e. The van der Waals surface area contributed by atoms with Gasteiger partial charge in [0.2, 0.25) is 5.91 Å². The summed E-state index contributed by atoms with van der Waals surface area (Å²) in [6.07, 6.45) is 0.943. The van der Waals surface area contributed by atoms with E-state index >= 15 is 0 Å². The summed E-state index contributed by atoms with van der Waals surface area (Å²) in [4.78, 5) is 14.5. The SMILES string of the molecule is CC(C)(C)c1ccc2c(c1)CCN2C(=O)[C@H]1COCCN1. The van der Waals surface area contributed by atoms with Gasteiger partial charge in [-0.15, -0.1) is 0 Å². The van der Waals surface area contributed by atoms with Crippen LogP contribution >= 0.6 is 0 Å². The number of hydrogen-bond acceptors (Lipinski definition) is 3. The van der Waals surface area contributed by atoms with Gasteiger partial charge in [-0.3, -0.25) is 4.79 Å². The first-order valence-corrected chi connectivity index (χ1v) is 7.73. The molecule has 1 N–H and O–H groups in total. The van der Waals surface area contributed by atoms with Gasteiger partial charge < -0.3 is 15.0 Å². The maximum atomic E-state index is 12.6. The molecular weight excluding hydrogens is 264 g/mol. The Hall–Kier alpha value is -1.39. The number of ether oxygens (including phenoxy) is 1. The number of benzene rings is 1. The Kier molecular flexibility index (Phi) is 3.76. The number of rotatable bonds is 1. The molecule has 1 amide bonds. The third-order valence-corrected chi connectivity index (χ3v) is 4.33. The van der Waals surface area contributed by atoms with Gasteiger partial charge in [0.05, 0.1) is 13.2 Å². The Morgan fingerprint density at radius 2 is 2.19 bits per heavy atom. The van der Waals surface area contributed by atoms with Gasteiger partial charge in [0.1, 0.15) is 6.04 Å². The van der Waals surface area contributed by atoms with Gasteiger partial charge in [-0.2, -0.15) is 0 Å². The molecule has 0 radical (unpaired) electrons. The Labute approximate surface area is 126 Å². The molecule has 1 fully saturated rings. The van der Waals surface area contributed by atoms with Gasteiger partial charge in [0, 0.05) is 18.8 Å². The molecule has 2 heterocycles. The summed E-state index contributed by atoms with van der Waals surface area (Å²) in [5, 5.41) is 3.25. The first-order chi connectivity index (χ1) is 9.97. The standard InChI is InChI=1S/C17H24N2O2/c1-17(2,3)13-4-5-15-12(10-13)6-8-19(15)16(20)14-11-21-9-7-18-14/h4-5,10,14,18H,6-9,11H2,1-3H3/t14-/m1/s1. The van der Waals surface area contributed by atoms with Crippen LogP contribution in [0.25, 0.3) is 0 Å². The monoisotopic (exact) mass is 288 g/mol. The van der Waals surface area contributed by atoms with E-state index in [1.807, 2.05) is 4.90 Å². The van der Waals surface area contributed by atoms with Gasteiger partial charge in [-0.25, -0.2) is 0 Å². The molecule has 1 saturated heterocycles. The van der Waals surface area contributed by atoms with Gasteiger partial charge >= 0.3 is 0 Å². The van der Waals surface area contributed by atoms with Gasteiger partial charge in [-0.05, 0) is 29.0 Å². The quantitative estimate of drug-likeness (QED) is 0.857. The molecule has 1 atom stereocenters. The Balaban J connectivity index is 1.82. The van der Waals surface area contributed by atoms with Crippen molar-refractivity contribution in [2.75, 3.05) is 31.2 Å². The van der Waals surface area contributed by atoms with Crippen LogP contribution < -0.4 is 10.2 Å². The van der Waals surface area contributed by atoms with Crippen molar-refractivity contribution in [2.45, 2.75) is 38.6 Å². The molecule has 0 bridgehead atoms. The lowest BCUT2D eigenvalue weighted by Gasteiger charge is -2.28. The zero-order chi connectivity index (χ0) is 15.0. The number of carbonyl (C=O) groups excluding carboxylic acids is 1. The van der Waals surface area contributed by atoms with E-state index in [0.29, 0.717) is 13.2 Å². The van der Waals surface area contributed by atoms with E-state index in [0.717, 1.165) is 25.2 Å². The fourth-order valence-corrected chi connectivity index (χ4v) is 3.01. The Morgan fingerprint density at radius 3 is 2.86 bits per heavy atom. The lowest BCUT2D eigenvalue weighted by atomic mass is 9.86. The van der Waals surface area contributed by atoms with Crippen LogP contribution in [0.15, 0.2) is 18.2 Å². The highest BCUT2D eigenvalue weighted by Crippen LogP contribution is 2.33. The predicted octanol–water partition coefficient (Wildman–Crippen LogP) is 1.86. The number of hydrogen-bond donors (Lipinski definition) is 1. The van der Waals surface area contributed by atoms with Crippen LogP contribution in [-0.2, 0) is 21.4 Å². The minimum atomic E-state index is -0.202. The fraction of sp³-hybridized carbons (Fsp3) is 0.588. The summed E-state index contributed by atoms with van der Waals surface area (Å²) in [5.74, 6) is 0.136. The maximum Gasteiger partial charge on any atom is 0.246 e. The molecule has 114 valence electrons. The van der Waals surface area contributed by atoms with Crippen molar-refractivity contribution in [1.29, 1.82) is 0 Å². The molecular formula is C17H24N2O2. The zero-order valence-corrected chi connectivity index (χ0v) is 13.1. The fourth-order valence-electron chi connectivity index (χ4n) is 3.01. The van der Waals surface area contributed by atoms with Crippen LogP contribution in [0.5, 0.6) is 0 Å². The molecule has 0 spiro atoms. The minimum absolute atomic E-state index is 0.136. The number of fused-ring (bicyclic) bond motifs is 1. The molecule has 1 aromatic rings. The highest BCUT2D eigenvalue weighted by Gasteiger charge is 2.31. The lowest BCUT2D eigenvalue weighted by Crippen LogP contribution is -2.52. The van der Waals surface area contributed by atoms with E-state index in [9.17, 15) is 4.79 Å². The van der Waals surface area contributed by atoms with Crippen molar-refractivity contribution in [3.05, 3.63) is 29.3 Å². The Bertz CT molecular complexity index is 542.